The van der Waals surface area contributed by atoms with E-state index >= 15 is 0 Å². The van der Waals surface area contributed by atoms with Crippen LogP contribution in [0.15, 0.2) is 48.5 Å². The average Bonchev–Trinajstić information content (AvgIpc) is 3.13. The van der Waals surface area contributed by atoms with E-state index in [-0.39, 0.29) is 30.4 Å². The third-order valence-corrected chi connectivity index (χ3v) is 6.26. The Morgan fingerprint density at radius 3 is 2.09 bits per heavy atom. The molecule has 0 saturated carbocycles. The van der Waals surface area contributed by atoms with Gasteiger partial charge in [-0.25, -0.2) is 9.59 Å². The van der Waals surface area contributed by atoms with Gasteiger partial charge < -0.3 is 20.5 Å². The van der Waals surface area contributed by atoms with Gasteiger partial charge in [-0.05, 0) is 40.5 Å². The Kier molecular flexibility index (Phi) is 8.54. The maximum absolute atomic E-state index is 12.9. The topological polar surface area (TPSA) is 105 Å². The number of amides is 2. The molecule has 0 radical (unpaired) electrons. The Labute approximate surface area is 207 Å². The zero-order chi connectivity index (χ0) is 25.6. The number of carbonyl (C=O) groups excluding carboxylic acids is 2. The van der Waals surface area contributed by atoms with Gasteiger partial charge >= 0.3 is 12.1 Å². The van der Waals surface area contributed by atoms with Crippen LogP contribution < -0.4 is 10.6 Å². The van der Waals surface area contributed by atoms with E-state index in [0.717, 1.165) is 22.3 Å². The molecule has 188 valence electrons. The van der Waals surface area contributed by atoms with E-state index in [1.165, 1.54) is 0 Å². The van der Waals surface area contributed by atoms with Crippen LogP contribution in [0.2, 0.25) is 0 Å². The lowest BCUT2D eigenvalue weighted by atomic mass is 9.84. The maximum atomic E-state index is 12.9. The molecule has 3 rings (SSSR count). The van der Waals surface area contributed by atoms with Crippen molar-refractivity contribution in [3.63, 3.8) is 0 Å². The van der Waals surface area contributed by atoms with Gasteiger partial charge in [0.2, 0.25) is 5.91 Å². The number of fused-ring (bicyclic) bond motifs is 3. The van der Waals surface area contributed by atoms with E-state index < -0.39 is 24.0 Å². The Morgan fingerprint density at radius 1 is 1.00 bits per heavy atom. The second-order valence-corrected chi connectivity index (χ2v) is 10.4. The van der Waals surface area contributed by atoms with Crippen LogP contribution in [-0.2, 0) is 14.3 Å². The Balaban J connectivity index is 1.62. The third kappa shape index (κ3) is 6.84. The highest BCUT2D eigenvalue weighted by molar-refractivity contribution is 5.85. The van der Waals surface area contributed by atoms with Crippen LogP contribution in [0.3, 0.4) is 0 Å². The van der Waals surface area contributed by atoms with Crippen LogP contribution in [0.25, 0.3) is 11.1 Å². The molecule has 1 aliphatic carbocycles. The minimum absolute atomic E-state index is 0.0489. The van der Waals surface area contributed by atoms with Gasteiger partial charge in [-0.3, -0.25) is 4.79 Å². The Bertz CT molecular complexity index is 1010. The molecule has 3 N–H and O–H groups in total. The van der Waals surface area contributed by atoms with Gasteiger partial charge in [0.05, 0.1) is 5.92 Å². The van der Waals surface area contributed by atoms with Crippen molar-refractivity contribution in [2.24, 2.45) is 11.3 Å². The molecule has 2 aromatic carbocycles. The zero-order valence-electron chi connectivity index (χ0n) is 21.0. The summed E-state index contributed by atoms with van der Waals surface area (Å²) in [4.78, 5) is 37.0. The minimum atomic E-state index is -1.06. The molecule has 0 aliphatic heterocycles. The summed E-state index contributed by atoms with van der Waals surface area (Å²) in [7, 11) is 0. The second-order valence-electron chi connectivity index (χ2n) is 10.4. The van der Waals surface area contributed by atoms with Crippen molar-refractivity contribution >= 4 is 18.0 Å². The summed E-state index contributed by atoms with van der Waals surface area (Å²) in [6, 6.07) is 15.3. The van der Waals surface area contributed by atoms with Gasteiger partial charge in [-0.1, -0.05) is 82.6 Å². The van der Waals surface area contributed by atoms with Crippen molar-refractivity contribution in [2.45, 2.75) is 58.9 Å². The fourth-order valence-corrected chi connectivity index (χ4v) is 4.69. The minimum Gasteiger partial charge on any atom is -0.480 e. The molecule has 0 heterocycles. The van der Waals surface area contributed by atoms with Gasteiger partial charge in [0, 0.05) is 12.5 Å². The van der Waals surface area contributed by atoms with E-state index in [1.54, 1.807) is 0 Å². The number of ether oxygens (including phenoxy) is 1. The van der Waals surface area contributed by atoms with Crippen molar-refractivity contribution < 1.29 is 24.2 Å². The first-order valence-electron chi connectivity index (χ1n) is 12.2. The van der Waals surface area contributed by atoms with E-state index in [1.807, 2.05) is 52.0 Å². The van der Waals surface area contributed by atoms with Crippen LogP contribution >= 0.6 is 0 Å². The molecule has 0 fully saturated rings. The smallest absolute Gasteiger partial charge is 0.407 e. The van der Waals surface area contributed by atoms with Crippen molar-refractivity contribution in [3.05, 3.63) is 59.7 Å². The van der Waals surface area contributed by atoms with Crippen LogP contribution in [0, 0.1) is 11.3 Å². The van der Waals surface area contributed by atoms with Crippen molar-refractivity contribution in [1.82, 2.24) is 10.6 Å². The molecular formula is C28H36N2O5. The molecule has 7 heteroatoms. The Morgan fingerprint density at radius 2 is 1.57 bits per heavy atom. The van der Waals surface area contributed by atoms with E-state index in [0.29, 0.717) is 19.3 Å². The van der Waals surface area contributed by atoms with E-state index in [2.05, 4.69) is 34.9 Å². The first kappa shape index (κ1) is 26.3. The average molecular weight is 481 g/mol. The number of alkyl carbamates (subject to hydrolysis) is 1. The van der Waals surface area contributed by atoms with Crippen LogP contribution in [0.1, 0.15) is 64.0 Å². The number of nitrogens with one attached hydrogen (secondary N) is 2. The highest BCUT2D eigenvalue weighted by Gasteiger charge is 2.31. The number of carboxylic acid groups (broad SMARTS) is 1. The molecule has 2 atom stereocenters. The van der Waals surface area contributed by atoms with Crippen molar-refractivity contribution in [3.8, 4) is 11.1 Å². The van der Waals surface area contributed by atoms with Gasteiger partial charge in [-0.15, -0.1) is 0 Å². The van der Waals surface area contributed by atoms with Gasteiger partial charge in [-0.2, -0.15) is 0 Å². The molecule has 0 spiro atoms. The van der Waals surface area contributed by atoms with E-state index in [4.69, 9.17) is 4.74 Å². The summed E-state index contributed by atoms with van der Waals surface area (Å²) >= 11 is 0. The standard InChI is InChI=1S/C28H36N2O5/c1-5-10-24(26(32)33)30-25(31)18(15-28(2,3)4)16-29-27(34)35-17-23-21-13-8-6-11-19(21)20-12-7-9-14-22(20)23/h6-9,11-14,18,23-24H,5,10,15-17H2,1-4H3,(H,29,34)(H,30,31)(H,32,33). The summed E-state index contributed by atoms with van der Waals surface area (Å²) in [5.74, 6) is -2.06. The lowest BCUT2D eigenvalue weighted by Crippen LogP contribution is -2.47. The quantitative estimate of drug-likeness (QED) is 0.446. The molecule has 2 unspecified atom stereocenters. The summed E-state index contributed by atoms with van der Waals surface area (Å²) in [5, 5.41) is 14.7. The molecule has 2 aromatic rings. The molecule has 0 bridgehead atoms. The first-order valence-corrected chi connectivity index (χ1v) is 12.2. The molecular weight excluding hydrogens is 444 g/mol. The van der Waals surface area contributed by atoms with Crippen LogP contribution in [0.5, 0.6) is 0 Å². The van der Waals surface area contributed by atoms with Crippen LogP contribution in [-0.4, -0.2) is 42.3 Å². The number of carbonyl (C=O) groups is 3. The number of carboxylic acids is 1. The summed E-state index contributed by atoms with van der Waals surface area (Å²) < 4.78 is 5.58. The zero-order valence-corrected chi connectivity index (χ0v) is 21.0. The number of hydrogen-bond acceptors (Lipinski definition) is 4. The monoisotopic (exact) mass is 480 g/mol. The SMILES string of the molecule is CCCC(NC(=O)C(CNC(=O)OCC1c2ccccc2-c2ccccc21)CC(C)(C)C)C(=O)O. The highest BCUT2D eigenvalue weighted by Crippen LogP contribution is 2.44. The molecule has 1 aliphatic rings. The van der Waals surface area contributed by atoms with E-state index in [9.17, 15) is 19.5 Å². The number of aliphatic carboxylic acids is 1. The lowest BCUT2D eigenvalue weighted by molar-refractivity contribution is -0.142. The summed E-state index contributed by atoms with van der Waals surface area (Å²) in [6.07, 6.45) is 0.880. The predicted molar refractivity (Wildman–Crippen MR) is 135 cm³/mol. The second kappa shape index (κ2) is 11.4. The van der Waals surface area contributed by atoms with Crippen molar-refractivity contribution in [1.29, 1.82) is 0 Å². The van der Waals surface area contributed by atoms with Gasteiger partial charge in [0.1, 0.15) is 12.6 Å². The molecule has 2 amide bonds. The summed E-state index contributed by atoms with van der Waals surface area (Å²) in [5.41, 5.74) is 4.37. The van der Waals surface area contributed by atoms with Gasteiger partial charge in [0.25, 0.3) is 0 Å². The number of benzene rings is 2. The molecule has 0 aromatic heterocycles. The Hall–Kier alpha value is -3.35. The largest absolute Gasteiger partial charge is 0.480 e. The normalized spacial score (nSPS) is 14.4. The van der Waals surface area contributed by atoms with Crippen LogP contribution in [0.4, 0.5) is 4.79 Å². The molecule has 0 saturated heterocycles. The van der Waals surface area contributed by atoms with Gasteiger partial charge in [0.15, 0.2) is 0 Å². The highest BCUT2D eigenvalue weighted by atomic mass is 16.5. The van der Waals surface area contributed by atoms with Crippen molar-refractivity contribution in [2.75, 3.05) is 13.2 Å². The molecule has 7 nitrogen and oxygen atoms in total. The fourth-order valence-electron chi connectivity index (χ4n) is 4.69. The summed E-state index contributed by atoms with van der Waals surface area (Å²) in [6.45, 7) is 8.13. The third-order valence-electron chi connectivity index (χ3n) is 6.26. The lowest BCUT2D eigenvalue weighted by Gasteiger charge is -2.27. The maximum Gasteiger partial charge on any atom is 0.407 e. The molecule has 35 heavy (non-hydrogen) atoms. The fraction of sp³-hybridized carbons (Fsp3) is 0.464. The predicted octanol–water partition coefficient (Wildman–Crippen LogP) is 4.95. The number of rotatable bonds is 10. The number of hydrogen-bond donors (Lipinski definition) is 3. The first-order chi connectivity index (χ1) is 16.6.